The standard InChI is InChI=1S/C21H19FN2O/c1-12-10-15(22)8-9-17(12)24-11-13(2)19-14(3)23-20-16(21(19)24)6-5-7-18(20)25-4/h5-11H,1-4H3. The van der Waals surface area contributed by atoms with Crippen molar-refractivity contribution in [3.05, 3.63) is 65.2 Å². The second-order valence-electron chi connectivity index (χ2n) is 6.39. The summed E-state index contributed by atoms with van der Waals surface area (Å²) < 4.78 is 21.2. The normalized spacial score (nSPS) is 11.4. The van der Waals surface area contributed by atoms with Crippen LogP contribution in [0.25, 0.3) is 27.5 Å². The van der Waals surface area contributed by atoms with Gasteiger partial charge >= 0.3 is 0 Å². The third-order valence-electron chi connectivity index (χ3n) is 4.73. The van der Waals surface area contributed by atoms with E-state index in [0.717, 1.165) is 50.1 Å². The number of halogens is 1. The Labute approximate surface area is 145 Å². The SMILES string of the molecule is COc1cccc2c1nc(C)c1c(C)cn(-c3ccc(F)cc3C)c12. The molecule has 0 fully saturated rings. The van der Waals surface area contributed by atoms with Gasteiger partial charge in [-0.3, -0.25) is 0 Å². The molecule has 2 heterocycles. The van der Waals surface area contributed by atoms with Crippen LogP contribution in [0.15, 0.2) is 42.6 Å². The number of aromatic nitrogens is 2. The molecule has 0 aliphatic carbocycles. The highest BCUT2D eigenvalue weighted by atomic mass is 19.1. The van der Waals surface area contributed by atoms with Crippen molar-refractivity contribution in [2.45, 2.75) is 20.8 Å². The first-order valence-corrected chi connectivity index (χ1v) is 8.22. The molecule has 0 bridgehead atoms. The van der Waals surface area contributed by atoms with Gasteiger partial charge in [-0.25, -0.2) is 9.37 Å². The van der Waals surface area contributed by atoms with Gasteiger partial charge in [-0.2, -0.15) is 0 Å². The number of aryl methyl sites for hydroxylation is 3. The van der Waals surface area contributed by atoms with E-state index < -0.39 is 0 Å². The molecule has 3 nitrogen and oxygen atoms in total. The molecule has 0 atom stereocenters. The molecule has 0 saturated carbocycles. The van der Waals surface area contributed by atoms with E-state index in [9.17, 15) is 4.39 Å². The predicted octanol–water partition coefficient (Wildman–Crippen LogP) is 5.25. The lowest BCUT2D eigenvalue weighted by Crippen LogP contribution is -1.98. The molecule has 126 valence electrons. The molecule has 0 spiro atoms. The van der Waals surface area contributed by atoms with Crippen molar-refractivity contribution >= 4 is 21.8 Å². The summed E-state index contributed by atoms with van der Waals surface area (Å²) >= 11 is 0. The van der Waals surface area contributed by atoms with Crippen molar-refractivity contribution in [2.24, 2.45) is 0 Å². The van der Waals surface area contributed by atoms with Gasteiger partial charge in [0.05, 0.1) is 12.6 Å². The van der Waals surface area contributed by atoms with Gasteiger partial charge in [-0.15, -0.1) is 0 Å². The summed E-state index contributed by atoms with van der Waals surface area (Å²) in [6.07, 6.45) is 2.10. The fourth-order valence-corrected chi connectivity index (χ4v) is 3.65. The monoisotopic (exact) mass is 334 g/mol. The van der Waals surface area contributed by atoms with E-state index in [1.807, 2.05) is 32.0 Å². The van der Waals surface area contributed by atoms with E-state index in [2.05, 4.69) is 23.8 Å². The third kappa shape index (κ3) is 2.29. The minimum atomic E-state index is -0.223. The number of ether oxygens (including phenoxy) is 1. The Kier molecular flexibility index (Phi) is 3.49. The van der Waals surface area contributed by atoms with Crippen LogP contribution >= 0.6 is 0 Å². The Bertz CT molecular complexity index is 1130. The maximum atomic E-state index is 13.6. The Morgan fingerprint density at radius 3 is 2.56 bits per heavy atom. The van der Waals surface area contributed by atoms with Crippen LogP contribution in [-0.4, -0.2) is 16.7 Å². The first kappa shape index (κ1) is 15.6. The number of fused-ring (bicyclic) bond motifs is 3. The van der Waals surface area contributed by atoms with Crippen LogP contribution in [0.2, 0.25) is 0 Å². The number of nitrogens with zero attached hydrogens (tertiary/aromatic N) is 2. The zero-order valence-corrected chi connectivity index (χ0v) is 14.7. The third-order valence-corrected chi connectivity index (χ3v) is 4.73. The van der Waals surface area contributed by atoms with E-state index in [1.54, 1.807) is 13.2 Å². The number of rotatable bonds is 2. The summed E-state index contributed by atoms with van der Waals surface area (Å²) in [5.74, 6) is 0.530. The average molecular weight is 334 g/mol. The molecule has 0 unspecified atom stereocenters. The number of benzene rings is 2. The first-order valence-electron chi connectivity index (χ1n) is 8.22. The molecule has 2 aromatic heterocycles. The zero-order valence-electron chi connectivity index (χ0n) is 14.7. The van der Waals surface area contributed by atoms with Gasteiger partial charge in [0.15, 0.2) is 0 Å². The molecule has 0 aliphatic rings. The zero-order chi connectivity index (χ0) is 17.7. The Hall–Kier alpha value is -2.88. The van der Waals surface area contributed by atoms with Crippen molar-refractivity contribution in [1.82, 2.24) is 9.55 Å². The quantitative estimate of drug-likeness (QED) is 0.500. The Morgan fingerprint density at radius 2 is 1.84 bits per heavy atom. The number of pyridine rings is 1. The Balaban J connectivity index is 2.20. The smallest absolute Gasteiger partial charge is 0.145 e. The van der Waals surface area contributed by atoms with E-state index in [1.165, 1.54) is 6.07 Å². The largest absolute Gasteiger partial charge is 0.494 e. The van der Waals surface area contributed by atoms with Crippen molar-refractivity contribution < 1.29 is 9.13 Å². The molecule has 0 saturated heterocycles. The number of hydrogen-bond donors (Lipinski definition) is 0. The first-order chi connectivity index (χ1) is 12.0. The highest BCUT2D eigenvalue weighted by Crippen LogP contribution is 2.36. The van der Waals surface area contributed by atoms with Crippen LogP contribution in [-0.2, 0) is 0 Å². The molecule has 4 aromatic rings. The van der Waals surface area contributed by atoms with Crippen molar-refractivity contribution in [3.8, 4) is 11.4 Å². The van der Waals surface area contributed by atoms with Gasteiger partial charge in [0.2, 0.25) is 0 Å². The summed E-state index contributed by atoms with van der Waals surface area (Å²) in [5, 5.41) is 2.15. The molecule has 0 N–H and O–H groups in total. The Morgan fingerprint density at radius 1 is 1.04 bits per heavy atom. The highest BCUT2D eigenvalue weighted by Gasteiger charge is 2.17. The maximum Gasteiger partial charge on any atom is 0.145 e. The summed E-state index contributed by atoms with van der Waals surface area (Å²) in [7, 11) is 1.66. The van der Waals surface area contributed by atoms with E-state index in [-0.39, 0.29) is 5.82 Å². The van der Waals surface area contributed by atoms with Gasteiger partial charge < -0.3 is 9.30 Å². The van der Waals surface area contributed by atoms with E-state index >= 15 is 0 Å². The molecule has 25 heavy (non-hydrogen) atoms. The molecular weight excluding hydrogens is 315 g/mol. The lowest BCUT2D eigenvalue weighted by Gasteiger charge is -2.13. The molecule has 4 heteroatoms. The fraction of sp³-hybridized carbons (Fsp3) is 0.190. The molecule has 0 radical (unpaired) electrons. The number of methoxy groups -OCH3 is 1. The molecule has 0 aliphatic heterocycles. The fourth-order valence-electron chi connectivity index (χ4n) is 3.65. The summed E-state index contributed by atoms with van der Waals surface area (Å²) in [6.45, 7) is 6.03. The second kappa shape index (κ2) is 5.59. The molecular formula is C21H19FN2O. The van der Waals surface area contributed by atoms with Gasteiger partial charge in [0.1, 0.15) is 17.1 Å². The lowest BCUT2D eigenvalue weighted by molar-refractivity contribution is 0.419. The van der Waals surface area contributed by atoms with E-state index in [0.29, 0.717) is 0 Å². The van der Waals surface area contributed by atoms with Crippen LogP contribution in [0.5, 0.6) is 5.75 Å². The lowest BCUT2D eigenvalue weighted by atomic mass is 10.1. The van der Waals surface area contributed by atoms with Crippen molar-refractivity contribution in [3.63, 3.8) is 0 Å². The van der Waals surface area contributed by atoms with E-state index in [4.69, 9.17) is 9.72 Å². The summed E-state index contributed by atoms with van der Waals surface area (Å²) in [6, 6.07) is 10.8. The van der Waals surface area contributed by atoms with Crippen LogP contribution in [0, 0.1) is 26.6 Å². The minimum absolute atomic E-state index is 0.223. The van der Waals surface area contributed by atoms with Crippen LogP contribution in [0.3, 0.4) is 0 Å². The summed E-state index contributed by atoms with van der Waals surface area (Å²) in [5.41, 5.74) is 5.89. The second-order valence-corrected chi connectivity index (χ2v) is 6.39. The van der Waals surface area contributed by atoms with Gasteiger partial charge in [0.25, 0.3) is 0 Å². The summed E-state index contributed by atoms with van der Waals surface area (Å²) in [4.78, 5) is 4.78. The van der Waals surface area contributed by atoms with Crippen LogP contribution in [0.1, 0.15) is 16.8 Å². The predicted molar refractivity (Wildman–Crippen MR) is 99.3 cm³/mol. The van der Waals surface area contributed by atoms with Gasteiger partial charge in [-0.05, 0) is 56.2 Å². The molecule has 0 amide bonds. The van der Waals surface area contributed by atoms with Crippen LogP contribution < -0.4 is 4.74 Å². The average Bonchev–Trinajstić information content (AvgIpc) is 2.92. The minimum Gasteiger partial charge on any atom is -0.494 e. The number of para-hydroxylation sites is 1. The molecule has 2 aromatic carbocycles. The highest BCUT2D eigenvalue weighted by molar-refractivity contribution is 6.08. The molecule has 4 rings (SSSR count). The van der Waals surface area contributed by atoms with Crippen molar-refractivity contribution in [1.29, 1.82) is 0 Å². The van der Waals surface area contributed by atoms with Crippen LogP contribution in [0.4, 0.5) is 4.39 Å². The van der Waals surface area contributed by atoms with Crippen molar-refractivity contribution in [2.75, 3.05) is 7.11 Å². The maximum absolute atomic E-state index is 13.6. The van der Waals surface area contributed by atoms with Gasteiger partial charge in [-0.1, -0.05) is 12.1 Å². The number of hydrogen-bond acceptors (Lipinski definition) is 2. The topological polar surface area (TPSA) is 27.1 Å². The van der Waals surface area contributed by atoms with Gasteiger partial charge in [0, 0.05) is 28.4 Å².